The van der Waals surface area contributed by atoms with Crippen LogP contribution in [-0.2, 0) is 5.41 Å². The van der Waals surface area contributed by atoms with Gasteiger partial charge in [0.25, 0.3) is 0 Å². The lowest BCUT2D eigenvalue weighted by atomic mass is 9.80. The molecule has 24 heavy (non-hydrogen) atoms. The standard InChI is InChI=1S/C18H24N4O2/c1-14(2)22-10-8-16(20-22)19-17(24)21-11-9-18(12-21,13-23)15-6-4-3-5-7-15/h3-8,10,14,23H,9,11-13H2,1-2H3,(H,19,20,24). The molecule has 1 aromatic heterocycles. The van der Waals surface area contributed by atoms with Gasteiger partial charge in [-0.3, -0.25) is 10.00 Å². The maximum absolute atomic E-state index is 12.5. The average Bonchev–Trinajstić information content (AvgIpc) is 3.23. The Morgan fingerprint density at radius 3 is 2.71 bits per heavy atom. The highest BCUT2D eigenvalue weighted by atomic mass is 16.3. The molecule has 3 rings (SSSR count). The van der Waals surface area contributed by atoms with Crippen LogP contribution in [0, 0.1) is 0 Å². The number of rotatable bonds is 4. The van der Waals surface area contributed by atoms with Crippen molar-refractivity contribution in [3.05, 3.63) is 48.2 Å². The molecule has 0 bridgehead atoms. The van der Waals surface area contributed by atoms with Gasteiger partial charge in [-0.2, -0.15) is 5.10 Å². The van der Waals surface area contributed by atoms with E-state index in [0.717, 1.165) is 12.0 Å². The van der Waals surface area contributed by atoms with Gasteiger partial charge in [0.1, 0.15) is 0 Å². The highest BCUT2D eigenvalue weighted by molar-refractivity contribution is 5.88. The Bertz CT molecular complexity index is 698. The zero-order valence-corrected chi connectivity index (χ0v) is 14.1. The van der Waals surface area contributed by atoms with Gasteiger partial charge < -0.3 is 10.0 Å². The molecular formula is C18H24N4O2. The van der Waals surface area contributed by atoms with Crippen molar-refractivity contribution in [2.75, 3.05) is 25.0 Å². The van der Waals surface area contributed by atoms with Crippen LogP contribution in [0.25, 0.3) is 0 Å². The molecule has 6 heteroatoms. The van der Waals surface area contributed by atoms with Crippen molar-refractivity contribution in [3.8, 4) is 0 Å². The van der Waals surface area contributed by atoms with E-state index >= 15 is 0 Å². The largest absolute Gasteiger partial charge is 0.395 e. The predicted octanol–water partition coefficient (Wildman–Crippen LogP) is 2.63. The Morgan fingerprint density at radius 2 is 2.08 bits per heavy atom. The van der Waals surface area contributed by atoms with Crippen molar-refractivity contribution < 1.29 is 9.90 Å². The van der Waals surface area contributed by atoms with Crippen molar-refractivity contribution in [1.82, 2.24) is 14.7 Å². The van der Waals surface area contributed by atoms with E-state index < -0.39 is 0 Å². The van der Waals surface area contributed by atoms with Gasteiger partial charge in [0.2, 0.25) is 0 Å². The topological polar surface area (TPSA) is 70.4 Å². The molecule has 2 aromatic rings. The van der Waals surface area contributed by atoms with Gasteiger partial charge in [0.15, 0.2) is 5.82 Å². The Kier molecular flexibility index (Phi) is 4.57. The number of nitrogens with one attached hydrogen (secondary N) is 1. The summed E-state index contributed by atoms with van der Waals surface area (Å²) < 4.78 is 1.81. The van der Waals surface area contributed by atoms with Crippen molar-refractivity contribution >= 4 is 11.8 Å². The number of urea groups is 1. The number of benzene rings is 1. The molecule has 6 nitrogen and oxygen atoms in total. The van der Waals surface area contributed by atoms with E-state index in [0.29, 0.717) is 18.9 Å². The zero-order valence-electron chi connectivity index (χ0n) is 14.1. The summed E-state index contributed by atoms with van der Waals surface area (Å²) in [6.07, 6.45) is 2.60. The van der Waals surface area contributed by atoms with Crippen molar-refractivity contribution in [2.45, 2.75) is 31.7 Å². The molecule has 1 aromatic carbocycles. The van der Waals surface area contributed by atoms with Crippen LogP contribution in [0.3, 0.4) is 0 Å². The number of aliphatic hydroxyl groups excluding tert-OH is 1. The molecule has 1 atom stereocenters. The molecule has 0 radical (unpaired) electrons. The molecule has 2 amide bonds. The van der Waals surface area contributed by atoms with Crippen LogP contribution in [-0.4, -0.2) is 45.5 Å². The fraction of sp³-hybridized carbons (Fsp3) is 0.444. The molecule has 1 saturated heterocycles. The number of aromatic nitrogens is 2. The second kappa shape index (κ2) is 6.65. The summed E-state index contributed by atoms with van der Waals surface area (Å²) in [5, 5.41) is 17.1. The SMILES string of the molecule is CC(C)n1ccc(NC(=O)N2CCC(CO)(c3ccccc3)C2)n1. The fourth-order valence-corrected chi connectivity index (χ4v) is 3.17. The van der Waals surface area contributed by atoms with E-state index in [4.69, 9.17) is 0 Å². The molecule has 0 aliphatic carbocycles. The summed E-state index contributed by atoms with van der Waals surface area (Å²) in [5.74, 6) is 0.551. The van der Waals surface area contributed by atoms with Crippen LogP contribution in [0.4, 0.5) is 10.6 Å². The third-order valence-electron chi connectivity index (χ3n) is 4.70. The van der Waals surface area contributed by atoms with Gasteiger partial charge in [-0.15, -0.1) is 0 Å². The number of hydrogen-bond acceptors (Lipinski definition) is 3. The van der Waals surface area contributed by atoms with Crippen LogP contribution in [0.15, 0.2) is 42.6 Å². The van der Waals surface area contributed by atoms with E-state index in [1.54, 1.807) is 11.0 Å². The molecule has 1 aliphatic rings. The van der Waals surface area contributed by atoms with E-state index in [-0.39, 0.29) is 24.1 Å². The second-order valence-corrected chi connectivity index (χ2v) is 6.68. The average molecular weight is 328 g/mol. The quantitative estimate of drug-likeness (QED) is 0.906. The number of aliphatic hydroxyl groups is 1. The minimum atomic E-state index is -0.379. The van der Waals surface area contributed by atoms with Crippen molar-refractivity contribution in [1.29, 1.82) is 0 Å². The lowest BCUT2D eigenvalue weighted by Crippen LogP contribution is -2.39. The first kappa shape index (κ1) is 16.5. The fourth-order valence-electron chi connectivity index (χ4n) is 3.17. The highest BCUT2D eigenvalue weighted by Gasteiger charge is 2.41. The predicted molar refractivity (Wildman–Crippen MR) is 93.0 cm³/mol. The zero-order chi connectivity index (χ0) is 17.2. The Labute approximate surface area is 142 Å². The number of amides is 2. The first-order valence-electron chi connectivity index (χ1n) is 8.31. The number of carbonyl (C=O) groups is 1. The summed E-state index contributed by atoms with van der Waals surface area (Å²) in [7, 11) is 0. The third-order valence-corrected chi connectivity index (χ3v) is 4.70. The Hall–Kier alpha value is -2.34. The van der Waals surface area contributed by atoms with E-state index in [2.05, 4.69) is 10.4 Å². The van der Waals surface area contributed by atoms with Crippen LogP contribution in [0.2, 0.25) is 0 Å². The van der Waals surface area contributed by atoms with Gasteiger partial charge in [-0.1, -0.05) is 30.3 Å². The maximum atomic E-state index is 12.5. The minimum absolute atomic E-state index is 0.0305. The number of anilines is 1. The van der Waals surface area contributed by atoms with Gasteiger partial charge in [-0.05, 0) is 25.8 Å². The van der Waals surface area contributed by atoms with Gasteiger partial charge in [-0.25, -0.2) is 4.79 Å². The summed E-state index contributed by atoms with van der Waals surface area (Å²) >= 11 is 0. The first-order chi connectivity index (χ1) is 11.5. The van der Waals surface area contributed by atoms with Gasteiger partial charge >= 0.3 is 6.03 Å². The molecule has 128 valence electrons. The summed E-state index contributed by atoms with van der Waals surface area (Å²) in [5.41, 5.74) is 0.697. The number of carbonyl (C=O) groups excluding carboxylic acids is 1. The van der Waals surface area contributed by atoms with Crippen LogP contribution >= 0.6 is 0 Å². The highest BCUT2D eigenvalue weighted by Crippen LogP contribution is 2.34. The molecule has 2 N–H and O–H groups in total. The van der Waals surface area contributed by atoms with E-state index in [1.165, 1.54) is 0 Å². The molecule has 1 aliphatic heterocycles. The molecule has 1 unspecified atom stereocenters. The monoisotopic (exact) mass is 328 g/mol. The summed E-state index contributed by atoms with van der Waals surface area (Å²) in [4.78, 5) is 14.3. The Morgan fingerprint density at radius 1 is 1.33 bits per heavy atom. The van der Waals surface area contributed by atoms with Gasteiger partial charge in [0.05, 0.1) is 6.61 Å². The Balaban J connectivity index is 1.69. The van der Waals surface area contributed by atoms with E-state index in [1.807, 2.05) is 55.1 Å². The van der Waals surface area contributed by atoms with Crippen LogP contribution in [0.1, 0.15) is 31.9 Å². The van der Waals surface area contributed by atoms with Crippen LogP contribution in [0.5, 0.6) is 0 Å². The van der Waals surface area contributed by atoms with Crippen molar-refractivity contribution in [2.24, 2.45) is 0 Å². The molecule has 0 spiro atoms. The third kappa shape index (κ3) is 3.14. The first-order valence-corrected chi connectivity index (χ1v) is 8.31. The molecule has 1 fully saturated rings. The van der Waals surface area contributed by atoms with Crippen molar-refractivity contribution in [3.63, 3.8) is 0 Å². The lowest BCUT2D eigenvalue weighted by molar-refractivity contribution is 0.188. The molecule has 2 heterocycles. The number of hydrogen-bond donors (Lipinski definition) is 2. The number of nitrogens with zero attached hydrogens (tertiary/aromatic N) is 3. The lowest BCUT2D eigenvalue weighted by Gasteiger charge is -2.27. The summed E-state index contributed by atoms with van der Waals surface area (Å²) in [6, 6.07) is 11.8. The maximum Gasteiger partial charge on any atom is 0.323 e. The number of likely N-dealkylation sites (tertiary alicyclic amines) is 1. The normalized spacial score (nSPS) is 20.6. The second-order valence-electron chi connectivity index (χ2n) is 6.68. The summed E-state index contributed by atoms with van der Waals surface area (Å²) in [6.45, 7) is 5.22. The molecular weight excluding hydrogens is 304 g/mol. The minimum Gasteiger partial charge on any atom is -0.395 e. The molecule has 0 saturated carbocycles. The van der Waals surface area contributed by atoms with Crippen LogP contribution < -0.4 is 5.32 Å². The smallest absolute Gasteiger partial charge is 0.323 e. The van der Waals surface area contributed by atoms with E-state index in [9.17, 15) is 9.90 Å². The van der Waals surface area contributed by atoms with Gasteiger partial charge in [0, 0.05) is 36.8 Å².